The number of hydrogen-bond acceptors (Lipinski definition) is 7. The Balaban J connectivity index is 1.50. The monoisotopic (exact) mass is 401 g/mol. The van der Waals surface area contributed by atoms with Gasteiger partial charge in [-0.1, -0.05) is 6.07 Å². The molecular weight excluding hydrogens is 378 g/mol. The van der Waals surface area contributed by atoms with E-state index in [0.717, 1.165) is 6.42 Å². The summed E-state index contributed by atoms with van der Waals surface area (Å²) >= 11 is 0. The molecule has 1 amide bonds. The highest BCUT2D eigenvalue weighted by atomic mass is 16.5. The van der Waals surface area contributed by atoms with Gasteiger partial charge in [-0.25, -0.2) is 0 Å². The van der Waals surface area contributed by atoms with Gasteiger partial charge in [0.05, 0.1) is 33.9 Å². The molecule has 0 spiro atoms. The van der Waals surface area contributed by atoms with Gasteiger partial charge in [0, 0.05) is 18.2 Å². The van der Waals surface area contributed by atoms with Crippen molar-refractivity contribution in [3.63, 3.8) is 0 Å². The molecule has 2 aromatic rings. The molecule has 2 aromatic carbocycles. The maximum atomic E-state index is 12.1. The summed E-state index contributed by atoms with van der Waals surface area (Å²) in [6, 6.07) is 10.3. The third kappa shape index (κ3) is 5.54. The molecule has 29 heavy (non-hydrogen) atoms. The van der Waals surface area contributed by atoms with Crippen molar-refractivity contribution in [2.75, 3.05) is 39.4 Å². The number of benzene rings is 2. The van der Waals surface area contributed by atoms with E-state index in [0.29, 0.717) is 47.5 Å². The highest BCUT2D eigenvalue weighted by Gasteiger charge is 2.14. The fourth-order valence-electron chi connectivity index (χ4n) is 2.79. The zero-order chi connectivity index (χ0) is 20.6. The number of amides is 1. The molecule has 0 radical (unpaired) electrons. The number of fused-ring (bicyclic) bond motifs is 1. The predicted octanol–water partition coefficient (Wildman–Crippen LogP) is 2.59. The molecule has 8 heteroatoms. The first-order valence-corrected chi connectivity index (χ1v) is 9.15. The minimum Gasteiger partial charge on any atom is -0.493 e. The van der Waals surface area contributed by atoms with Gasteiger partial charge in [-0.05, 0) is 29.8 Å². The normalized spacial score (nSPS) is 12.5. The summed E-state index contributed by atoms with van der Waals surface area (Å²) < 4.78 is 26.6. The Morgan fingerprint density at radius 3 is 2.48 bits per heavy atom. The number of methoxy groups -OCH3 is 2. The van der Waals surface area contributed by atoms with Crippen molar-refractivity contribution in [2.45, 2.75) is 12.8 Å². The van der Waals surface area contributed by atoms with Crippen LogP contribution in [0.5, 0.6) is 23.0 Å². The van der Waals surface area contributed by atoms with E-state index in [2.05, 4.69) is 5.32 Å². The third-order valence-corrected chi connectivity index (χ3v) is 4.19. The molecule has 154 valence electrons. The van der Waals surface area contributed by atoms with Crippen LogP contribution < -0.4 is 24.3 Å². The topological polar surface area (TPSA) is 92.3 Å². The van der Waals surface area contributed by atoms with Crippen LogP contribution in [0.3, 0.4) is 0 Å². The lowest BCUT2D eigenvalue weighted by Crippen LogP contribution is -2.21. The Morgan fingerprint density at radius 1 is 0.966 bits per heavy atom. The number of hydrogen-bond donors (Lipinski definition) is 1. The van der Waals surface area contributed by atoms with Crippen LogP contribution in [-0.2, 0) is 20.7 Å². The average molecular weight is 401 g/mol. The van der Waals surface area contributed by atoms with E-state index in [1.54, 1.807) is 36.4 Å². The van der Waals surface area contributed by atoms with Gasteiger partial charge in [0.25, 0.3) is 5.91 Å². The second kappa shape index (κ2) is 9.68. The summed E-state index contributed by atoms with van der Waals surface area (Å²) in [6.07, 6.45) is 0.810. The van der Waals surface area contributed by atoms with Crippen molar-refractivity contribution >= 4 is 17.6 Å². The van der Waals surface area contributed by atoms with Crippen molar-refractivity contribution in [1.82, 2.24) is 0 Å². The van der Waals surface area contributed by atoms with Crippen molar-refractivity contribution in [1.29, 1.82) is 0 Å². The molecule has 0 bridgehead atoms. The Bertz CT molecular complexity index is 881. The predicted molar refractivity (Wildman–Crippen MR) is 105 cm³/mol. The molecule has 0 saturated heterocycles. The minimum atomic E-state index is -0.522. The van der Waals surface area contributed by atoms with Crippen LogP contribution in [0.1, 0.15) is 12.0 Å². The molecule has 3 rings (SSSR count). The second-order valence-electron chi connectivity index (χ2n) is 6.29. The lowest BCUT2D eigenvalue weighted by Gasteiger charge is -2.11. The van der Waals surface area contributed by atoms with Crippen LogP contribution in [-0.4, -0.2) is 45.9 Å². The van der Waals surface area contributed by atoms with Gasteiger partial charge >= 0.3 is 5.97 Å². The summed E-state index contributed by atoms with van der Waals surface area (Å²) in [6.45, 7) is 0.757. The summed E-state index contributed by atoms with van der Waals surface area (Å²) in [5.74, 6) is 1.34. The zero-order valence-corrected chi connectivity index (χ0v) is 16.4. The molecule has 0 fully saturated rings. The number of anilines is 1. The number of rotatable bonds is 7. The minimum absolute atomic E-state index is 0.0116. The smallest absolute Gasteiger partial charge is 0.310 e. The number of carbonyl (C=O) groups is 2. The van der Waals surface area contributed by atoms with Crippen LogP contribution >= 0.6 is 0 Å². The van der Waals surface area contributed by atoms with E-state index >= 15 is 0 Å². The van der Waals surface area contributed by atoms with Gasteiger partial charge in [-0.2, -0.15) is 0 Å². The maximum Gasteiger partial charge on any atom is 0.310 e. The van der Waals surface area contributed by atoms with E-state index < -0.39 is 11.9 Å². The molecule has 1 N–H and O–H groups in total. The average Bonchev–Trinajstić information content (AvgIpc) is 2.97. The summed E-state index contributed by atoms with van der Waals surface area (Å²) in [7, 11) is 3.05. The molecule has 0 aromatic heterocycles. The second-order valence-corrected chi connectivity index (χ2v) is 6.29. The van der Waals surface area contributed by atoms with E-state index in [4.69, 9.17) is 23.7 Å². The Hall–Kier alpha value is -3.42. The van der Waals surface area contributed by atoms with Crippen LogP contribution in [0.2, 0.25) is 0 Å². The number of carbonyl (C=O) groups excluding carboxylic acids is 2. The van der Waals surface area contributed by atoms with Crippen LogP contribution in [0.4, 0.5) is 5.69 Å². The van der Waals surface area contributed by atoms with E-state index in [-0.39, 0.29) is 13.0 Å². The van der Waals surface area contributed by atoms with Gasteiger partial charge in [0.1, 0.15) is 0 Å². The Kier molecular flexibility index (Phi) is 6.78. The van der Waals surface area contributed by atoms with Crippen molar-refractivity contribution in [2.24, 2.45) is 0 Å². The zero-order valence-electron chi connectivity index (χ0n) is 16.4. The van der Waals surface area contributed by atoms with Crippen LogP contribution in [0.15, 0.2) is 36.4 Å². The molecule has 0 aliphatic carbocycles. The quantitative estimate of drug-likeness (QED) is 0.713. The standard InChI is InChI=1S/C21H23NO7/c1-25-16-6-4-14(10-18(16)26-2)11-21(24)29-13-20(23)22-15-5-7-17-19(12-15)28-9-3-8-27-17/h4-7,10,12H,3,8-9,11,13H2,1-2H3,(H,22,23). The summed E-state index contributed by atoms with van der Waals surface area (Å²) in [5, 5.41) is 2.68. The molecule has 1 aliphatic rings. The largest absolute Gasteiger partial charge is 0.493 e. The molecule has 8 nitrogen and oxygen atoms in total. The SMILES string of the molecule is COc1ccc(CC(=O)OCC(=O)Nc2ccc3c(c2)OCCCO3)cc1OC. The van der Waals surface area contributed by atoms with Gasteiger partial charge in [0.2, 0.25) is 0 Å². The van der Waals surface area contributed by atoms with Crippen LogP contribution in [0.25, 0.3) is 0 Å². The summed E-state index contributed by atoms with van der Waals surface area (Å²) in [5.41, 5.74) is 1.23. The highest BCUT2D eigenvalue weighted by molar-refractivity contribution is 5.93. The number of ether oxygens (including phenoxy) is 5. The van der Waals surface area contributed by atoms with Gasteiger partial charge in [-0.3, -0.25) is 9.59 Å². The fourth-order valence-corrected chi connectivity index (χ4v) is 2.79. The summed E-state index contributed by atoms with van der Waals surface area (Å²) in [4.78, 5) is 24.1. The van der Waals surface area contributed by atoms with Crippen molar-refractivity contribution in [3.05, 3.63) is 42.0 Å². The number of esters is 1. The van der Waals surface area contributed by atoms with Crippen molar-refractivity contribution < 1.29 is 33.3 Å². The van der Waals surface area contributed by atoms with Gasteiger partial charge < -0.3 is 29.0 Å². The molecular formula is C21H23NO7. The van der Waals surface area contributed by atoms with E-state index in [1.807, 2.05) is 0 Å². The molecule has 0 atom stereocenters. The first kappa shape index (κ1) is 20.3. The molecule has 1 aliphatic heterocycles. The molecule has 0 saturated carbocycles. The van der Waals surface area contributed by atoms with Gasteiger partial charge in [0.15, 0.2) is 29.6 Å². The van der Waals surface area contributed by atoms with Crippen LogP contribution in [0, 0.1) is 0 Å². The lowest BCUT2D eigenvalue weighted by molar-refractivity contribution is -0.146. The van der Waals surface area contributed by atoms with Gasteiger partial charge in [-0.15, -0.1) is 0 Å². The van der Waals surface area contributed by atoms with E-state index in [9.17, 15) is 9.59 Å². The maximum absolute atomic E-state index is 12.1. The Morgan fingerprint density at radius 2 is 1.72 bits per heavy atom. The number of nitrogens with one attached hydrogen (secondary N) is 1. The fraction of sp³-hybridized carbons (Fsp3) is 0.333. The first-order valence-electron chi connectivity index (χ1n) is 9.15. The Labute approximate surface area is 168 Å². The van der Waals surface area contributed by atoms with Crippen molar-refractivity contribution in [3.8, 4) is 23.0 Å². The first-order chi connectivity index (χ1) is 14.1. The third-order valence-electron chi connectivity index (χ3n) is 4.19. The molecule has 1 heterocycles. The lowest BCUT2D eigenvalue weighted by atomic mass is 10.1. The van der Waals surface area contributed by atoms with E-state index in [1.165, 1.54) is 14.2 Å². The highest BCUT2D eigenvalue weighted by Crippen LogP contribution is 2.32. The molecule has 0 unspecified atom stereocenters.